The van der Waals surface area contributed by atoms with Crippen molar-refractivity contribution in [3.8, 4) is 12.1 Å². The van der Waals surface area contributed by atoms with Gasteiger partial charge in [-0.1, -0.05) is 24.3 Å². The average Bonchev–Trinajstić information content (AvgIpc) is 4.14. The number of rotatable bonds is 18. The molecule has 2 aromatic carbocycles. The van der Waals surface area contributed by atoms with E-state index in [9.17, 15) is 46.2 Å². The normalized spacial score (nSPS) is 19.4. The van der Waals surface area contributed by atoms with Crippen LogP contribution in [0.1, 0.15) is 141 Å². The zero-order valence-electron chi connectivity index (χ0n) is 40.2. The summed E-state index contributed by atoms with van der Waals surface area (Å²) in [6.07, 6.45) is 4.23. The van der Waals surface area contributed by atoms with E-state index in [0.29, 0.717) is 99.6 Å². The molecule has 380 valence electrons. The van der Waals surface area contributed by atoms with Gasteiger partial charge in [0.2, 0.25) is 0 Å². The third-order valence-electron chi connectivity index (χ3n) is 14.4. The summed E-state index contributed by atoms with van der Waals surface area (Å²) in [7, 11) is -6.54. The Hall–Kier alpha value is -6.46. The van der Waals surface area contributed by atoms with Gasteiger partial charge in [0.1, 0.15) is 11.4 Å². The van der Waals surface area contributed by atoms with Crippen LogP contribution in [0.3, 0.4) is 0 Å². The SMILES string of the molecule is CC(O)Cn1nc(C(=O)NCc2ccc(C#N)cc2)c2c1C(=O)N(CC1(S(=O)(=O)C3CC3)CC1)CC2.CC(O)Cn1nc(C(=O)NCc2ccc(C#N)cc2)c2c1C(=O)N(CC1(S(=O)(=O)C3CC3)CC1)CC2. The number of nitrogens with zero attached hydrogens (tertiary/aromatic N) is 8. The highest BCUT2D eigenvalue weighted by molar-refractivity contribution is 7.94. The predicted molar refractivity (Wildman–Crippen MR) is 259 cm³/mol. The largest absolute Gasteiger partial charge is 0.391 e. The topological polar surface area (TPSA) is 291 Å². The fraction of sp³-hybridized carbons (Fsp3) is 0.520. The lowest BCUT2D eigenvalue weighted by atomic mass is 10.0. The van der Waals surface area contributed by atoms with Crippen molar-refractivity contribution in [3.63, 3.8) is 0 Å². The maximum Gasteiger partial charge on any atom is 0.272 e. The van der Waals surface area contributed by atoms with Crippen molar-refractivity contribution in [1.29, 1.82) is 10.5 Å². The van der Waals surface area contributed by atoms with Crippen LogP contribution in [-0.2, 0) is 58.7 Å². The number of carbonyl (C=O) groups excluding carboxylic acids is 4. The summed E-state index contributed by atoms with van der Waals surface area (Å²) in [4.78, 5) is 56.3. The van der Waals surface area contributed by atoms with Crippen LogP contribution in [0.2, 0.25) is 0 Å². The summed E-state index contributed by atoms with van der Waals surface area (Å²) >= 11 is 0. The third kappa shape index (κ3) is 10.0. The fourth-order valence-corrected chi connectivity index (χ4v) is 14.7. The van der Waals surface area contributed by atoms with E-state index in [4.69, 9.17) is 10.5 Å². The maximum absolute atomic E-state index is 13.5. The molecule has 4 saturated carbocycles. The summed E-state index contributed by atoms with van der Waals surface area (Å²) in [5, 5.41) is 51.7. The third-order valence-corrected chi connectivity index (χ3v) is 20.6. The molecule has 6 aliphatic rings. The molecule has 2 aromatic heterocycles. The Morgan fingerprint density at radius 2 is 1.00 bits per heavy atom. The Morgan fingerprint density at radius 1 is 0.653 bits per heavy atom. The van der Waals surface area contributed by atoms with E-state index in [1.165, 1.54) is 9.36 Å². The lowest BCUT2D eigenvalue weighted by molar-refractivity contribution is 0.0708. The second kappa shape index (κ2) is 19.5. The minimum absolute atomic E-state index is 0.0380. The van der Waals surface area contributed by atoms with Crippen molar-refractivity contribution in [2.45, 2.75) is 136 Å². The number of fused-ring (bicyclic) bond motifs is 2. The fourth-order valence-electron chi connectivity index (χ4n) is 9.81. The number of sulfone groups is 2. The number of carbonyl (C=O) groups is 4. The first-order valence-electron chi connectivity index (χ1n) is 24.5. The highest BCUT2D eigenvalue weighted by Gasteiger charge is 2.62. The number of aliphatic hydroxyl groups excluding tert-OH is 2. The maximum atomic E-state index is 13.5. The number of aromatic nitrogens is 4. The number of hydrogen-bond acceptors (Lipinski definition) is 14. The molecular weight excluding hydrogens is 965 g/mol. The van der Waals surface area contributed by atoms with Crippen LogP contribution in [0.4, 0.5) is 0 Å². The Kier molecular flexibility index (Phi) is 13.7. The molecule has 0 saturated heterocycles. The van der Waals surface area contributed by atoms with Gasteiger partial charge in [-0.3, -0.25) is 28.5 Å². The van der Waals surface area contributed by atoms with Gasteiger partial charge in [-0.05, 0) is 113 Å². The second-order valence-electron chi connectivity index (χ2n) is 20.2. The molecule has 20 nitrogen and oxygen atoms in total. The van der Waals surface area contributed by atoms with Crippen molar-refractivity contribution in [2.75, 3.05) is 26.2 Å². The van der Waals surface area contributed by atoms with Crippen molar-refractivity contribution in [3.05, 3.63) is 105 Å². The van der Waals surface area contributed by atoms with Gasteiger partial charge in [0.05, 0.1) is 68.6 Å². The second-order valence-corrected chi connectivity index (χ2v) is 25.5. The van der Waals surface area contributed by atoms with Crippen LogP contribution in [0.15, 0.2) is 48.5 Å². The summed E-state index contributed by atoms with van der Waals surface area (Å²) in [5.41, 5.74) is 4.47. The molecule has 0 spiro atoms. The van der Waals surface area contributed by atoms with Crippen molar-refractivity contribution in [2.24, 2.45) is 0 Å². The number of nitrogens with one attached hydrogen (secondary N) is 2. The van der Waals surface area contributed by atoms with E-state index in [0.717, 1.165) is 11.1 Å². The summed E-state index contributed by atoms with van der Waals surface area (Å²) in [5.74, 6) is -1.58. The van der Waals surface area contributed by atoms with Gasteiger partial charge >= 0.3 is 0 Å². The van der Waals surface area contributed by atoms with Crippen LogP contribution < -0.4 is 10.6 Å². The van der Waals surface area contributed by atoms with E-state index in [2.05, 4.69) is 20.8 Å². The standard InChI is InChI=1S/2C25H29N5O5S/c2*1-16(31)14-30-22-20(21(28-30)23(32)27-13-18-4-2-17(12-26)3-5-18)8-11-29(24(22)33)15-25(9-10-25)36(34,35)19-6-7-19/h2*2-5,16,19,31H,6-11,13-15H2,1H3,(H,27,32). The van der Waals surface area contributed by atoms with Crippen molar-refractivity contribution >= 4 is 43.3 Å². The zero-order valence-corrected chi connectivity index (χ0v) is 41.8. The minimum atomic E-state index is -3.27. The van der Waals surface area contributed by atoms with Gasteiger partial charge in [0.15, 0.2) is 31.1 Å². The van der Waals surface area contributed by atoms with E-state index in [1.807, 2.05) is 12.1 Å². The predicted octanol–water partition coefficient (Wildman–Crippen LogP) is 2.35. The first-order valence-corrected chi connectivity index (χ1v) is 27.5. The first kappa shape index (κ1) is 50.5. The molecule has 4 N–H and O–H groups in total. The van der Waals surface area contributed by atoms with Gasteiger partial charge in [0.25, 0.3) is 23.6 Å². The first-order chi connectivity index (χ1) is 34.3. The Labute approximate surface area is 417 Å². The zero-order chi connectivity index (χ0) is 51.3. The molecule has 0 bridgehead atoms. The van der Waals surface area contributed by atoms with E-state index < -0.39 is 53.2 Å². The van der Waals surface area contributed by atoms with Gasteiger partial charge < -0.3 is 30.6 Å². The number of aliphatic hydroxyl groups is 2. The lowest BCUT2D eigenvalue weighted by Gasteiger charge is -2.31. The minimum Gasteiger partial charge on any atom is -0.391 e. The highest BCUT2D eigenvalue weighted by Crippen LogP contribution is 2.52. The number of amides is 4. The van der Waals surface area contributed by atoms with E-state index in [-0.39, 0.29) is 84.4 Å². The van der Waals surface area contributed by atoms with Gasteiger partial charge in [0, 0.05) is 50.4 Å². The van der Waals surface area contributed by atoms with Crippen LogP contribution in [-0.4, -0.2) is 138 Å². The molecule has 72 heavy (non-hydrogen) atoms. The van der Waals surface area contributed by atoms with E-state index >= 15 is 0 Å². The number of nitriles is 2. The van der Waals surface area contributed by atoms with E-state index in [1.54, 1.807) is 72.2 Å². The molecule has 4 aromatic rings. The summed E-state index contributed by atoms with van der Waals surface area (Å²) in [6, 6.07) is 17.8. The monoisotopic (exact) mass is 1020 g/mol. The molecule has 4 fully saturated rings. The summed E-state index contributed by atoms with van der Waals surface area (Å²) < 4.78 is 53.0. The van der Waals surface area contributed by atoms with Crippen LogP contribution in [0.25, 0.3) is 0 Å². The molecule has 2 atom stereocenters. The average molecular weight is 1020 g/mol. The Balaban J connectivity index is 0.000000178. The molecule has 2 aliphatic heterocycles. The van der Waals surface area contributed by atoms with Gasteiger partial charge in [-0.15, -0.1) is 0 Å². The molecule has 10 rings (SSSR count). The van der Waals surface area contributed by atoms with Crippen molar-refractivity contribution < 1.29 is 46.2 Å². The molecule has 4 aliphatic carbocycles. The molecule has 4 heterocycles. The van der Waals surface area contributed by atoms with Crippen LogP contribution in [0.5, 0.6) is 0 Å². The Morgan fingerprint density at radius 3 is 1.29 bits per heavy atom. The molecule has 22 heteroatoms. The molecular formula is C50H58N10O10S2. The van der Waals surface area contributed by atoms with Crippen molar-refractivity contribution in [1.82, 2.24) is 40.0 Å². The smallest absolute Gasteiger partial charge is 0.272 e. The lowest BCUT2D eigenvalue weighted by Crippen LogP contribution is -2.47. The van der Waals surface area contributed by atoms with Crippen LogP contribution >= 0.6 is 0 Å². The number of benzene rings is 2. The molecule has 2 unspecified atom stereocenters. The molecule has 0 radical (unpaired) electrons. The van der Waals surface area contributed by atoms with Crippen LogP contribution in [0, 0.1) is 22.7 Å². The van der Waals surface area contributed by atoms with Gasteiger partial charge in [-0.2, -0.15) is 20.7 Å². The summed E-state index contributed by atoms with van der Waals surface area (Å²) in [6.45, 7) is 4.61. The Bertz CT molecular complexity index is 2910. The number of hydrogen-bond donors (Lipinski definition) is 4. The molecule has 4 amide bonds. The highest BCUT2D eigenvalue weighted by atomic mass is 32.2. The van der Waals surface area contributed by atoms with Gasteiger partial charge in [-0.25, -0.2) is 16.8 Å². The quantitative estimate of drug-likeness (QED) is 0.111.